The average Bonchev–Trinajstić information content (AvgIpc) is 2.27. The number of anilines is 3. The fourth-order valence-electron chi connectivity index (χ4n) is 1.63. The highest BCUT2D eigenvalue weighted by molar-refractivity contribution is 5.64. The summed E-state index contributed by atoms with van der Waals surface area (Å²) in [6, 6.07) is 10.7. The first-order chi connectivity index (χ1) is 8.06. The predicted octanol–water partition coefficient (Wildman–Crippen LogP) is 3.77. The third kappa shape index (κ3) is 2.56. The summed E-state index contributed by atoms with van der Waals surface area (Å²) in [5.41, 5.74) is 9.65. The van der Waals surface area contributed by atoms with Crippen molar-refractivity contribution in [3.63, 3.8) is 0 Å². The standard InChI is InChI=1S/C14H15FN2/c1-9-3-6-14(12(15)7-9)17-11-4-5-13(16)10(2)8-11/h3-8,17H,16H2,1-2H3. The number of halogens is 1. The first-order valence-electron chi connectivity index (χ1n) is 5.45. The quantitative estimate of drug-likeness (QED) is 0.771. The van der Waals surface area contributed by atoms with Gasteiger partial charge in [0.2, 0.25) is 0 Å². The van der Waals surface area contributed by atoms with Crippen LogP contribution in [0.2, 0.25) is 0 Å². The Bertz CT molecular complexity index is 550. The molecule has 0 radical (unpaired) electrons. The molecule has 88 valence electrons. The number of nitrogens with one attached hydrogen (secondary N) is 1. The molecule has 0 fully saturated rings. The molecule has 2 aromatic carbocycles. The van der Waals surface area contributed by atoms with Crippen LogP contribution in [0.3, 0.4) is 0 Å². The van der Waals surface area contributed by atoms with Gasteiger partial charge in [0.15, 0.2) is 0 Å². The minimum Gasteiger partial charge on any atom is -0.399 e. The van der Waals surface area contributed by atoms with E-state index in [1.807, 2.05) is 38.1 Å². The highest BCUT2D eigenvalue weighted by Crippen LogP contribution is 2.23. The first kappa shape index (κ1) is 11.5. The molecule has 0 aliphatic carbocycles. The van der Waals surface area contributed by atoms with Crippen molar-refractivity contribution < 1.29 is 4.39 Å². The van der Waals surface area contributed by atoms with Gasteiger partial charge < -0.3 is 11.1 Å². The monoisotopic (exact) mass is 230 g/mol. The van der Waals surface area contributed by atoms with Crippen LogP contribution in [0.5, 0.6) is 0 Å². The lowest BCUT2D eigenvalue weighted by atomic mass is 10.1. The highest BCUT2D eigenvalue weighted by Gasteiger charge is 2.03. The largest absolute Gasteiger partial charge is 0.399 e. The van der Waals surface area contributed by atoms with Crippen molar-refractivity contribution in [2.45, 2.75) is 13.8 Å². The van der Waals surface area contributed by atoms with E-state index in [0.717, 1.165) is 22.5 Å². The Hall–Kier alpha value is -2.03. The molecule has 2 rings (SSSR count). The van der Waals surface area contributed by atoms with Crippen molar-refractivity contribution in [2.24, 2.45) is 0 Å². The van der Waals surface area contributed by atoms with E-state index in [0.29, 0.717) is 5.69 Å². The Labute approximate surface area is 100 Å². The average molecular weight is 230 g/mol. The van der Waals surface area contributed by atoms with Gasteiger partial charge in [-0.2, -0.15) is 0 Å². The molecule has 2 aromatic rings. The van der Waals surface area contributed by atoms with Crippen molar-refractivity contribution in [1.29, 1.82) is 0 Å². The van der Waals surface area contributed by atoms with E-state index in [1.165, 1.54) is 6.07 Å². The van der Waals surface area contributed by atoms with E-state index in [1.54, 1.807) is 6.07 Å². The summed E-state index contributed by atoms with van der Waals surface area (Å²) in [4.78, 5) is 0. The Morgan fingerprint density at radius 2 is 1.82 bits per heavy atom. The van der Waals surface area contributed by atoms with E-state index >= 15 is 0 Å². The summed E-state index contributed by atoms with van der Waals surface area (Å²) < 4.78 is 13.6. The topological polar surface area (TPSA) is 38.0 Å². The van der Waals surface area contributed by atoms with Gasteiger partial charge in [0.25, 0.3) is 0 Å². The molecule has 0 saturated heterocycles. The Balaban J connectivity index is 2.28. The van der Waals surface area contributed by atoms with Crippen LogP contribution in [0.4, 0.5) is 21.5 Å². The third-order valence-electron chi connectivity index (χ3n) is 2.67. The van der Waals surface area contributed by atoms with Crippen molar-refractivity contribution in [3.8, 4) is 0 Å². The second-order valence-corrected chi connectivity index (χ2v) is 4.18. The molecule has 0 spiro atoms. The van der Waals surface area contributed by atoms with Gasteiger partial charge in [-0.3, -0.25) is 0 Å². The molecular formula is C14H15FN2. The summed E-state index contributed by atoms with van der Waals surface area (Å²) in [7, 11) is 0. The molecule has 0 heterocycles. The number of aryl methyl sites for hydroxylation is 2. The molecule has 0 bridgehead atoms. The lowest BCUT2D eigenvalue weighted by molar-refractivity contribution is 0.631. The van der Waals surface area contributed by atoms with Crippen LogP contribution in [-0.2, 0) is 0 Å². The maximum atomic E-state index is 13.6. The maximum absolute atomic E-state index is 13.6. The van der Waals surface area contributed by atoms with E-state index in [2.05, 4.69) is 5.32 Å². The summed E-state index contributed by atoms with van der Waals surface area (Å²) in [5.74, 6) is -0.250. The zero-order valence-electron chi connectivity index (χ0n) is 9.92. The fourth-order valence-corrected chi connectivity index (χ4v) is 1.63. The van der Waals surface area contributed by atoms with Gasteiger partial charge in [0, 0.05) is 11.4 Å². The second-order valence-electron chi connectivity index (χ2n) is 4.18. The predicted molar refractivity (Wildman–Crippen MR) is 70.0 cm³/mol. The molecule has 0 atom stereocenters. The molecule has 0 saturated carbocycles. The normalized spacial score (nSPS) is 10.3. The van der Waals surface area contributed by atoms with Gasteiger partial charge in [-0.15, -0.1) is 0 Å². The highest BCUT2D eigenvalue weighted by atomic mass is 19.1. The summed E-state index contributed by atoms with van der Waals surface area (Å²) in [5, 5.41) is 3.04. The van der Waals surface area contributed by atoms with E-state index < -0.39 is 0 Å². The lowest BCUT2D eigenvalue weighted by Crippen LogP contribution is -1.96. The minimum absolute atomic E-state index is 0.250. The minimum atomic E-state index is -0.250. The van der Waals surface area contributed by atoms with Crippen molar-refractivity contribution >= 4 is 17.1 Å². The van der Waals surface area contributed by atoms with Crippen molar-refractivity contribution in [1.82, 2.24) is 0 Å². The fraction of sp³-hybridized carbons (Fsp3) is 0.143. The summed E-state index contributed by atoms with van der Waals surface area (Å²) in [6.45, 7) is 3.78. The maximum Gasteiger partial charge on any atom is 0.146 e. The molecule has 2 nitrogen and oxygen atoms in total. The number of hydrogen-bond donors (Lipinski definition) is 2. The van der Waals surface area contributed by atoms with Crippen LogP contribution in [0.15, 0.2) is 36.4 Å². The summed E-state index contributed by atoms with van der Waals surface area (Å²) >= 11 is 0. The van der Waals surface area contributed by atoms with Crippen molar-refractivity contribution in [3.05, 3.63) is 53.3 Å². The third-order valence-corrected chi connectivity index (χ3v) is 2.67. The Morgan fingerprint density at radius 1 is 1.06 bits per heavy atom. The number of nitrogen functional groups attached to an aromatic ring is 1. The molecule has 0 aromatic heterocycles. The smallest absolute Gasteiger partial charge is 0.146 e. The molecule has 3 heteroatoms. The van der Waals surface area contributed by atoms with Gasteiger partial charge in [-0.1, -0.05) is 6.07 Å². The first-order valence-corrected chi connectivity index (χ1v) is 5.45. The second kappa shape index (κ2) is 4.45. The number of rotatable bonds is 2. The van der Waals surface area contributed by atoms with Crippen LogP contribution in [-0.4, -0.2) is 0 Å². The molecule has 0 amide bonds. The SMILES string of the molecule is Cc1ccc(Nc2ccc(N)c(C)c2)c(F)c1. The van der Waals surface area contributed by atoms with E-state index in [9.17, 15) is 4.39 Å². The van der Waals surface area contributed by atoms with Gasteiger partial charge in [0.1, 0.15) is 5.82 Å². The molecular weight excluding hydrogens is 215 g/mol. The number of hydrogen-bond acceptors (Lipinski definition) is 2. The van der Waals surface area contributed by atoms with Gasteiger partial charge in [0.05, 0.1) is 5.69 Å². The van der Waals surface area contributed by atoms with Gasteiger partial charge in [-0.25, -0.2) is 4.39 Å². The molecule has 3 N–H and O–H groups in total. The number of nitrogens with two attached hydrogens (primary N) is 1. The van der Waals surface area contributed by atoms with E-state index in [4.69, 9.17) is 5.73 Å². The van der Waals surface area contributed by atoms with Gasteiger partial charge in [-0.05, 0) is 55.3 Å². The van der Waals surface area contributed by atoms with Crippen LogP contribution in [0.25, 0.3) is 0 Å². The van der Waals surface area contributed by atoms with Crippen LogP contribution >= 0.6 is 0 Å². The number of benzene rings is 2. The van der Waals surface area contributed by atoms with Crippen molar-refractivity contribution in [2.75, 3.05) is 11.1 Å². The zero-order chi connectivity index (χ0) is 12.4. The molecule has 17 heavy (non-hydrogen) atoms. The molecule has 0 aliphatic heterocycles. The van der Waals surface area contributed by atoms with Crippen LogP contribution in [0.1, 0.15) is 11.1 Å². The lowest BCUT2D eigenvalue weighted by Gasteiger charge is -2.10. The van der Waals surface area contributed by atoms with E-state index in [-0.39, 0.29) is 5.82 Å². The van der Waals surface area contributed by atoms with Crippen LogP contribution in [0, 0.1) is 19.7 Å². The summed E-state index contributed by atoms with van der Waals surface area (Å²) in [6.07, 6.45) is 0. The Kier molecular flexibility index (Phi) is 3.00. The Morgan fingerprint density at radius 3 is 2.47 bits per heavy atom. The van der Waals surface area contributed by atoms with Crippen LogP contribution < -0.4 is 11.1 Å². The molecule has 0 unspecified atom stereocenters. The van der Waals surface area contributed by atoms with Gasteiger partial charge >= 0.3 is 0 Å². The molecule has 0 aliphatic rings. The zero-order valence-corrected chi connectivity index (χ0v) is 9.92.